The topological polar surface area (TPSA) is 119 Å². The number of nitrogens with one attached hydrogen (secondary N) is 2. The van der Waals surface area contributed by atoms with Crippen LogP contribution in [0.5, 0.6) is 17.2 Å². The summed E-state index contributed by atoms with van der Waals surface area (Å²) in [4.78, 5) is 13.1. The van der Waals surface area contributed by atoms with E-state index in [0.29, 0.717) is 35.6 Å². The molecule has 0 unspecified atom stereocenters. The number of aromatic nitrogens is 2. The van der Waals surface area contributed by atoms with Crippen molar-refractivity contribution in [2.45, 2.75) is 32.7 Å². The van der Waals surface area contributed by atoms with Gasteiger partial charge in [0.15, 0.2) is 17.3 Å². The summed E-state index contributed by atoms with van der Waals surface area (Å²) in [6.07, 6.45) is 1.10. The third-order valence-electron chi connectivity index (χ3n) is 5.08. The summed E-state index contributed by atoms with van der Waals surface area (Å²) in [7, 11) is 2.91. The van der Waals surface area contributed by atoms with Crippen LogP contribution in [0, 0.1) is 5.41 Å². The summed E-state index contributed by atoms with van der Waals surface area (Å²) >= 11 is 0. The van der Waals surface area contributed by atoms with Gasteiger partial charge in [0.05, 0.1) is 20.3 Å². The molecule has 1 aromatic carbocycles. The number of aromatic hydroxyl groups is 1. The van der Waals surface area contributed by atoms with Crippen molar-refractivity contribution in [3.8, 4) is 17.2 Å². The minimum absolute atomic E-state index is 0.0318. The van der Waals surface area contributed by atoms with E-state index in [1.807, 2.05) is 0 Å². The number of phenols is 1. The molecule has 0 fully saturated rings. The number of hydrogen-bond donors (Lipinski definition) is 3. The molecule has 28 heavy (non-hydrogen) atoms. The van der Waals surface area contributed by atoms with Crippen molar-refractivity contribution in [3.63, 3.8) is 0 Å². The van der Waals surface area contributed by atoms with Crippen molar-refractivity contribution in [1.29, 1.82) is 0 Å². The van der Waals surface area contributed by atoms with E-state index in [2.05, 4.69) is 34.8 Å². The Morgan fingerprint density at radius 1 is 1.14 bits per heavy atom. The molecule has 9 heteroatoms. The fraction of sp³-hybridized carbons (Fsp3) is 0.421. The maximum atomic E-state index is 13.1. The maximum Gasteiger partial charge on any atom is 0.219 e. The zero-order valence-electron chi connectivity index (χ0n) is 16.1. The summed E-state index contributed by atoms with van der Waals surface area (Å²) in [6, 6.07) is 2.81. The molecule has 1 aliphatic carbocycles. The predicted octanol–water partition coefficient (Wildman–Crippen LogP) is 3.01. The van der Waals surface area contributed by atoms with Crippen molar-refractivity contribution in [2.24, 2.45) is 5.41 Å². The maximum absolute atomic E-state index is 13.1. The van der Waals surface area contributed by atoms with Gasteiger partial charge in [-0.3, -0.25) is 4.79 Å². The minimum atomic E-state index is -0.539. The summed E-state index contributed by atoms with van der Waals surface area (Å²) in [6.45, 7) is 4.11. The zero-order chi connectivity index (χ0) is 20.1. The number of allylic oxidation sites excluding steroid dienone is 1. The number of ketones is 1. The number of phenolic OH excluding ortho intramolecular Hbond substituents is 1. The third-order valence-corrected chi connectivity index (χ3v) is 5.08. The van der Waals surface area contributed by atoms with Crippen molar-refractivity contribution >= 4 is 17.4 Å². The Morgan fingerprint density at radius 2 is 1.79 bits per heavy atom. The summed E-state index contributed by atoms with van der Waals surface area (Å²) in [5.74, 6) is 1.25. The molecule has 1 atom stereocenters. The number of hydrogen-bond acceptors (Lipinski definition) is 9. The van der Waals surface area contributed by atoms with Crippen LogP contribution in [-0.4, -0.2) is 35.4 Å². The van der Waals surface area contributed by atoms with Crippen molar-refractivity contribution < 1.29 is 24.0 Å². The number of ether oxygens (including phenoxy) is 2. The SMILES string of the molecule is COc1cc([C@H]2Nc3nonc3NC3=C2C(=O)CC(C)(C)C3)cc(OC)c1O. The van der Waals surface area contributed by atoms with E-state index in [1.165, 1.54) is 14.2 Å². The first-order valence-electron chi connectivity index (χ1n) is 8.90. The number of methoxy groups -OCH3 is 2. The quantitative estimate of drug-likeness (QED) is 0.731. The number of Topliss-reactive ketones (excluding diaryl/α,β-unsaturated/α-hetero) is 1. The number of carbonyl (C=O) groups excluding carboxylic acids is 1. The molecule has 148 valence electrons. The molecule has 4 rings (SSSR count). The lowest BCUT2D eigenvalue weighted by atomic mass is 9.73. The molecule has 0 amide bonds. The van der Waals surface area contributed by atoms with Gasteiger partial charge in [0.2, 0.25) is 17.4 Å². The van der Waals surface area contributed by atoms with Crippen LogP contribution < -0.4 is 20.1 Å². The molecular formula is C19H22N4O5. The van der Waals surface area contributed by atoms with Gasteiger partial charge in [-0.25, -0.2) is 4.63 Å². The average molecular weight is 386 g/mol. The monoisotopic (exact) mass is 386 g/mol. The standard InChI is InChI=1S/C19H22N4O5/c1-19(2)7-10-14(11(24)8-19)15(21-18-17(20-10)22-28-23-18)9-5-12(26-3)16(25)13(6-9)27-4/h5-6,15,25H,7-8H2,1-4H3,(H,20,22)(H,21,23)/t15-/m1/s1. The van der Waals surface area contributed by atoms with Gasteiger partial charge < -0.3 is 25.2 Å². The summed E-state index contributed by atoms with van der Waals surface area (Å²) in [5, 5.41) is 24.5. The van der Waals surface area contributed by atoms with E-state index in [1.54, 1.807) is 12.1 Å². The predicted molar refractivity (Wildman–Crippen MR) is 101 cm³/mol. The molecule has 0 spiro atoms. The number of anilines is 2. The smallest absolute Gasteiger partial charge is 0.219 e. The van der Waals surface area contributed by atoms with Crippen LogP contribution in [0.1, 0.15) is 38.3 Å². The molecule has 0 radical (unpaired) electrons. The van der Waals surface area contributed by atoms with Gasteiger partial charge in [-0.15, -0.1) is 0 Å². The molecule has 2 heterocycles. The molecule has 3 N–H and O–H groups in total. The molecular weight excluding hydrogens is 364 g/mol. The van der Waals surface area contributed by atoms with Crippen LogP contribution in [0.3, 0.4) is 0 Å². The van der Waals surface area contributed by atoms with Gasteiger partial charge in [-0.2, -0.15) is 0 Å². The van der Waals surface area contributed by atoms with Crippen LogP contribution >= 0.6 is 0 Å². The second-order valence-electron chi connectivity index (χ2n) is 7.77. The Balaban J connectivity index is 1.90. The number of nitrogens with zero attached hydrogens (tertiary/aromatic N) is 2. The van der Waals surface area contributed by atoms with Crippen LogP contribution in [0.15, 0.2) is 28.0 Å². The second kappa shape index (κ2) is 6.43. The Kier molecular flexibility index (Phi) is 4.17. The van der Waals surface area contributed by atoms with Crippen LogP contribution in [0.4, 0.5) is 11.6 Å². The highest BCUT2D eigenvalue weighted by Gasteiger charge is 2.40. The lowest BCUT2D eigenvalue weighted by molar-refractivity contribution is -0.118. The van der Waals surface area contributed by atoms with Crippen LogP contribution in [0.2, 0.25) is 0 Å². The van der Waals surface area contributed by atoms with Crippen molar-refractivity contribution in [3.05, 3.63) is 29.0 Å². The highest BCUT2D eigenvalue weighted by atomic mass is 16.6. The molecule has 0 bridgehead atoms. The normalized spacial score (nSPS) is 20.4. The Bertz CT molecular complexity index is 953. The first-order chi connectivity index (χ1) is 13.3. The average Bonchev–Trinajstić information content (AvgIpc) is 3.00. The Hall–Kier alpha value is -3.23. The molecule has 2 aromatic rings. The van der Waals surface area contributed by atoms with E-state index < -0.39 is 6.04 Å². The lowest BCUT2D eigenvalue weighted by Crippen LogP contribution is -2.31. The van der Waals surface area contributed by atoms with E-state index in [-0.39, 0.29) is 28.4 Å². The van der Waals surface area contributed by atoms with Gasteiger partial charge in [0.1, 0.15) is 0 Å². The van der Waals surface area contributed by atoms with Crippen molar-refractivity contribution in [1.82, 2.24) is 10.3 Å². The van der Waals surface area contributed by atoms with Crippen LogP contribution in [-0.2, 0) is 4.79 Å². The van der Waals surface area contributed by atoms with Gasteiger partial charge in [0, 0.05) is 17.7 Å². The van der Waals surface area contributed by atoms with Gasteiger partial charge in [-0.05, 0) is 39.8 Å². The fourth-order valence-corrected chi connectivity index (χ4v) is 3.83. The van der Waals surface area contributed by atoms with Gasteiger partial charge in [-0.1, -0.05) is 13.8 Å². The second-order valence-corrected chi connectivity index (χ2v) is 7.77. The number of benzene rings is 1. The fourth-order valence-electron chi connectivity index (χ4n) is 3.83. The van der Waals surface area contributed by atoms with Crippen molar-refractivity contribution in [2.75, 3.05) is 24.9 Å². The summed E-state index contributed by atoms with van der Waals surface area (Å²) in [5.41, 5.74) is 1.89. The van der Waals surface area contributed by atoms with E-state index in [0.717, 1.165) is 5.70 Å². The Labute approximate surface area is 161 Å². The van der Waals surface area contributed by atoms with Gasteiger partial charge in [0.25, 0.3) is 0 Å². The number of rotatable bonds is 3. The molecule has 0 saturated heterocycles. The third kappa shape index (κ3) is 2.92. The van der Waals surface area contributed by atoms with E-state index in [4.69, 9.17) is 14.1 Å². The van der Waals surface area contributed by atoms with E-state index >= 15 is 0 Å². The molecule has 2 aliphatic rings. The highest BCUT2D eigenvalue weighted by molar-refractivity contribution is 6.00. The molecule has 9 nitrogen and oxygen atoms in total. The van der Waals surface area contributed by atoms with Gasteiger partial charge >= 0.3 is 0 Å². The first-order valence-corrected chi connectivity index (χ1v) is 8.90. The number of fused-ring (bicyclic) bond motifs is 1. The lowest BCUT2D eigenvalue weighted by Gasteiger charge is -2.34. The Morgan fingerprint density at radius 3 is 2.43 bits per heavy atom. The minimum Gasteiger partial charge on any atom is -0.502 e. The summed E-state index contributed by atoms with van der Waals surface area (Å²) < 4.78 is 15.4. The largest absolute Gasteiger partial charge is 0.502 e. The zero-order valence-corrected chi connectivity index (χ0v) is 16.1. The molecule has 1 aliphatic heterocycles. The highest BCUT2D eigenvalue weighted by Crippen LogP contribution is 2.47. The number of carbonyl (C=O) groups is 1. The molecule has 1 aromatic heterocycles. The first kappa shape index (κ1) is 18.1. The molecule has 0 saturated carbocycles. The van der Waals surface area contributed by atoms with Crippen LogP contribution in [0.25, 0.3) is 0 Å². The van der Waals surface area contributed by atoms with E-state index in [9.17, 15) is 9.90 Å².